The van der Waals surface area contributed by atoms with Crippen molar-refractivity contribution in [2.45, 2.75) is 51.5 Å². The SMILES string of the molecule is CCC1CNc2cc(C3CCCC3)nn2C1. The molecule has 2 aliphatic rings. The first-order chi connectivity index (χ1) is 7.86. The van der Waals surface area contributed by atoms with Crippen LogP contribution in [0.15, 0.2) is 6.07 Å². The predicted molar refractivity (Wildman–Crippen MR) is 65.7 cm³/mol. The number of aromatic nitrogens is 2. The molecule has 1 aromatic heterocycles. The average Bonchev–Trinajstić information content (AvgIpc) is 2.96. The van der Waals surface area contributed by atoms with Gasteiger partial charge in [-0.2, -0.15) is 5.10 Å². The Balaban J connectivity index is 1.80. The van der Waals surface area contributed by atoms with Crippen molar-refractivity contribution in [2.75, 3.05) is 11.9 Å². The predicted octanol–water partition coefficient (Wildman–Crippen LogP) is 2.99. The van der Waals surface area contributed by atoms with Crippen LogP contribution in [-0.2, 0) is 6.54 Å². The summed E-state index contributed by atoms with van der Waals surface area (Å²) in [6.45, 7) is 4.48. The minimum absolute atomic E-state index is 0.736. The third-order valence-electron chi connectivity index (χ3n) is 4.15. The van der Waals surface area contributed by atoms with Gasteiger partial charge in [-0.05, 0) is 25.2 Å². The quantitative estimate of drug-likeness (QED) is 0.828. The molecule has 3 heteroatoms. The molecule has 0 spiro atoms. The van der Waals surface area contributed by atoms with Gasteiger partial charge in [0.25, 0.3) is 0 Å². The highest BCUT2D eigenvalue weighted by Gasteiger charge is 2.24. The molecule has 1 atom stereocenters. The first-order valence-corrected chi connectivity index (χ1v) is 6.68. The summed E-state index contributed by atoms with van der Waals surface area (Å²) in [5.41, 5.74) is 1.33. The fourth-order valence-corrected chi connectivity index (χ4v) is 2.97. The molecule has 0 radical (unpaired) electrons. The summed E-state index contributed by atoms with van der Waals surface area (Å²) in [5, 5.41) is 8.29. The van der Waals surface area contributed by atoms with Crippen LogP contribution < -0.4 is 5.32 Å². The fraction of sp³-hybridized carbons (Fsp3) is 0.769. The second-order valence-corrected chi connectivity index (χ2v) is 5.27. The summed E-state index contributed by atoms with van der Waals surface area (Å²) in [5.74, 6) is 2.73. The van der Waals surface area contributed by atoms with Crippen LogP contribution in [0.2, 0.25) is 0 Å². The lowest BCUT2D eigenvalue weighted by Gasteiger charge is -2.23. The van der Waals surface area contributed by atoms with E-state index in [1.165, 1.54) is 43.6 Å². The monoisotopic (exact) mass is 219 g/mol. The molecule has 0 aromatic carbocycles. The van der Waals surface area contributed by atoms with Crippen LogP contribution in [-0.4, -0.2) is 16.3 Å². The Morgan fingerprint density at radius 3 is 3.00 bits per heavy atom. The highest BCUT2D eigenvalue weighted by Crippen LogP contribution is 2.35. The summed E-state index contributed by atoms with van der Waals surface area (Å²) in [4.78, 5) is 0. The van der Waals surface area contributed by atoms with Crippen LogP contribution in [0.1, 0.15) is 50.6 Å². The Kier molecular flexibility index (Phi) is 2.62. The zero-order chi connectivity index (χ0) is 11.0. The van der Waals surface area contributed by atoms with E-state index in [0.717, 1.165) is 24.9 Å². The zero-order valence-corrected chi connectivity index (χ0v) is 10.1. The third-order valence-corrected chi connectivity index (χ3v) is 4.15. The summed E-state index contributed by atoms with van der Waals surface area (Å²) < 4.78 is 2.19. The van der Waals surface area contributed by atoms with Crippen molar-refractivity contribution in [3.63, 3.8) is 0 Å². The average molecular weight is 219 g/mol. The van der Waals surface area contributed by atoms with Crippen molar-refractivity contribution in [1.82, 2.24) is 9.78 Å². The van der Waals surface area contributed by atoms with Gasteiger partial charge in [0, 0.05) is 25.1 Å². The van der Waals surface area contributed by atoms with E-state index in [1.807, 2.05) is 0 Å². The molecule has 1 aromatic rings. The van der Waals surface area contributed by atoms with Crippen molar-refractivity contribution in [2.24, 2.45) is 5.92 Å². The van der Waals surface area contributed by atoms with Crippen LogP contribution in [0.25, 0.3) is 0 Å². The van der Waals surface area contributed by atoms with Gasteiger partial charge in [0.2, 0.25) is 0 Å². The van der Waals surface area contributed by atoms with E-state index >= 15 is 0 Å². The Bertz CT molecular complexity index is 363. The van der Waals surface area contributed by atoms with Gasteiger partial charge in [-0.3, -0.25) is 0 Å². The molecule has 2 heterocycles. The Hall–Kier alpha value is -0.990. The number of fused-ring (bicyclic) bond motifs is 1. The highest BCUT2D eigenvalue weighted by atomic mass is 15.3. The van der Waals surface area contributed by atoms with Gasteiger partial charge < -0.3 is 5.32 Å². The van der Waals surface area contributed by atoms with Crippen molar-refractivity contribution in [3.05, 3.63) is 11.8 Å². The van der Waals surface area contributed by atoms with E-state index in [0.29, 0.717) is 0 Å². The number of hydrogen-bond donors (Lipinski definition) is 1. The van der Waals surface area contributed by atoms with Crippen molar-refractivity contribution in [3.8, 4) is 0 Å². The lowest BCUT2D eigenvalue weighted by Crippen LogP contribution is -2.27. The van der Waals surface area contributed by atoms with Gasteiger partial charge in [0.15, 0.2) is 0 Å². The summed E-state index contributed by atoms with van der Waals surface area (Å²) in [6.07, 6.45) is 6.70. The molecule has 1 aliphatic heterocycles. The maximum atomic E-state index is 4.79. The molecule has 88 valence electrons. The van der Waals surface area contributed by atoms with Crippen LogP contribution in [0.4, 0.5) is 5.82 Å². The van der Waals surface area contributed by atoms with E-state index < -0.39 is 0 Å². The molecule has 1 aliphatic carbocycles. The van der Waals surface area contributed by atoms with Gasteiger partial charge in [0.1, 0.15) is 5.82 Å². The Morgan fingerprint density at radius 1 is 1.44 bits per heavy atom. The molecule has 0 saturated heterocycles. The minimum atomic E-state index is 0.736. The molecular formula is C13H21N3. The second-order valence-electron chi connectivity index (χ2n) is 5.27. The maximum Gasteiger partial charge on any atom is 0.124 e. The summed E-state index contributed by atoms with van der Waals surface area (Å²) >= 11 is 0. The molecule has 1 unspecified atom stereocenters. The van der Waals surface area contributed by atoms with Crippen LogP contribution >= 0.6 is 0 Å². The molecule has 3 nitrogen and oxygen atoms in total. The van der Waals surface area contributed by atoms with Crippen molar-refractivity contribution in [1.29, 1.82) is 0 Å². The number of hydrogen-bond acceptors (Lipinski definition) is 2. The molecule has 1 N–H and O–H groups in total. The number of rotatable bonds is 2. The number of nitrogens with one attached hydrogen (secondary N) is 1. The van der Waals surface area contributed by atoms with E-state index in [-0.39, 0.29) is 0 Å². The minimum Gasteiger partial charge on any atom is -0.370 e. The van der Waals surface area contributed by atoms with E-state index in [9.17, 15) is 0 Å². The standard InChI is InChI=1S/C13H21N3/c1-2-10-8-14-13-7-12(15-16(13)9-10)11-5-3-4-6-11/h7,10-11,14H,2-6,8-9H2,1H3. The van der Waals surface area contributed by atoms with E-state index in [1.54, 1.807) is 0 Å². The smallest absolute Gasteiger partial charge is 0.124 e. The van der Waals surface area contributed by atoms with Crippen LogP contribution in [0.5, 0.6) is 0 Å². The number of anilines is 1. The highest BCUT2D eigenvalue weighted by molar-refractivity contribution is 5.39. The molecule has 3 rings (SSSR count). The Labute approximate surface area is 97.2 Å². The van der Waals surface area contributed by atoms with Crippen molar-refractivity contribution >= 4 is 5.82 Å². The largest absolute Gasteiger partial charge is 0.370 e. The Morgan fingerprint density at radius 2 is 2.25 bits per heavy atom. The summed E-state index contributed by atoms with van der Waals surface area (Å²) in [6, 6.07) is 2.28. The molecule has 16 heavy (non-hydrogen) atoms. The first kappa shape index (κ1) is 10.2. The van der Waals surface area contributed by atoms with Gasteiger partial charge in [-0.25, -0.2) is 4.68 Å². The van der Waals surface area contributed by atoms with Crippen LogP contribution in [0, 0.1) is 5.92 Å². The lowest BCUT2D eigenvalue weighted by molar-refractivity contribution is 0.401. The van der Waals surface area contributed by atoms with Crippen molar-refractivity contribution < 1.29 is 0 Å². The molecule has 1 fully saturated rings. The topological polar surface area (TPSA) is 29.9 Å². The molecule has 0 bridgehead atoms. The molecular weight excluding hydrogens is 198 g/mol. The van der Waals surface area contributed by atoms with Gasteiger partial charge >= 0.3 is 0 Å². The number of nitrogens with zero attached hydrogens (tertiary/aromatic N) is 2. The third kappa shape index (κ3) is 1.72. The van der Waals surface area contributed by atoms with E-state index in [4.69, 9.17) is 5.10 Å². The molecule has 1 saturated carbocycles. The fourth-order valence-electron chi connectivity index (χ4n) is 2.97. The van der Waals surface area contributed by atoms with Gasteiger partial charge in [0.05, 0.1) is 5.69 Å². The summed E-state index contributed by atoms with van der Waals surface area (Å²) in [7, 11) is 0. The first-order valence-electron chi connectivity index (χ1n) is 6.68. The van der Waals surface area contributed by atoms with Crippen LogP contribution in [0.3, 0.4) is 0 Å². The lowest BCUT2D eigenvalue weighted by atomic mass is 10.0. The molecule has 0 amide bonds. The maximum absolute atomic E-state index is 4.79. The second kappa shape index (κ2) is 4.11. The normalized spacial score (nSPS) is 25.4. The van der Waals surface area contributed by atoms with E-state index in [2.05, 4.69) is 23.0 Å². The van der Waals surface area contributed by atoms with Gasteiger partial charge in [-0.1, -0.05) is 19.8 Å². The van der Waals surface area contributed by atoms with Gasteiger partial charge in [-0.15, -0.1) is 0 Å². The zero-order valence-electron chi connectivity index (χ0n) is 10.1.